The number of hydrogen-bond donors (Lipinski definition) is 1. The summed E-state index contributed by atoms with van der Waals surface area (Å²) in [4.78, 5) is 14.3. The van der Waals surface area contributed by atoms with Crippen molar-refractivity contribution in [2.45, 2.75) is 48.8 Å². The highest BCUT2D eigenvalue weighted by molar-refractivity contribution is 7.92. The lowest BCUT2D eigenvalue weighted by Crippen LogP contribution is -2.16. The smallest absolute Gasteiger partial charge is 0.229 e. The maximum absolute atomic E-state index is 13.5. The fourth-order valence-electron chi connectivity index (χ4n) is 3.69. The fourth-order valence-corrected chi connectivity index (χ4v) is 6.99. The number of hydrogen-bond acceptors (Lipinski definition) is 4. The summed E-state index contributed by atoms with van der Waals surface area (Å²) >= 11 is 1.41. The molecule has 0 saturated carbocycles. The van der Waals surface area contributed by atoms with Gasteiger partial charge in [-0.25, -0.2) is 8.42 Å². The van der Waals surface area contributed by atoms with Gasteiger partial charge in [0.2, 0.25) is 15.7 Å². The van der Waals surface area contributed by atoms with Crippen molar-refractivity contribution in [2.75, 3.05) is 5.32 Å². The monoisotopic (exact) mass is 425 g/mol. The van der Waals surface area contributed by atoms with E-state index in [-0.39, 0.29) is 17.2 Å². The number of carbonyl (C=O) groups is 1. The summed E-state index contributed by atoms with van der Waals surface area (Å²) in [5.41, 5.74) is 2.79. The Bertz CT molecular complexity index is 1130. The van der Waals surface area contributed by atoms with Gasteiger partial charge in [-0.2, -0.15) is 0 Å². The molecule has 4 nitrogen and oxygen atoms in total. The molecule has 1 aromatic heterocycles. The van der Waals surface area contributed by atoms with Gasteiger partial charge in [-0.15, -0.1) is 11.3 Å². The molecular formula is C23H23NO3S2. The number of fused-ring (bicyclic) bond motifs is 1. The molecule has 1 aliphatic carbocycles. The molecule has 0 aliphatic heterocycles. The van der Waals surface area contributed by atoms with E-state index < -0.39 is 9.84 Å². The minimum atomic E-state index is -3.71. The van der Waals surface area contributed by atoms with Crippen LogP contribution in [0.25, 0.3) is 0 Å². The van der Waals surface area contributed by atoms with Crippen molar-refractivity contribution >= 4 is 32.1 Å². The van der Waals surface area contributed by atoms with E-state index in [1.165, 1.54) is 11.3 Å². The van der Waals surface area contributed by atoms with Gasteiger partial charge in [0.05, 0.1) is 11.3 Å². The van der Waals surface area contributed by atoms with Crippen LogP contribution in [0.2, 0.25) is 0 Å². The third-order valence-electron chi connectivity index (χ3n) is 5.18. The van der Waals surface area contributed by atoms with Crippen molar-refractivity contribution in [1.29, 1.82) is 0 Å². The van der Waals surface area contributed by atoms with Gasteiger partial charge < -0.3 is 5.32 Å². The minimum absolute atomic E-state index is 0.199. The molecule has 1 amide bonds. The van der Waals surface area contributed by atoms with E-state index in [1.807, 2.05) is 37.3 Å². The fraction of sp³-hybridized carbons (Fsp3) is 0.261. The zero-order valence-electron chi connectivity index (χ0n) is 16.3. The van der Waals surface area contributed by atoms with E-state index in [2.05, 4.69) is 5.32 Å². The van der Waals surface area contributed by atoms with Crippen molar-refractivity contribution in [3.8, 4) is 0 Å². The molecule has 29 heavy (non-hydrogen) atoms. The Morgan fingerprint density at radius 2 is 1.69 bits per heavy atom. The van der Waals surface area contributed by atoms with Crippen LogP contribution in [0.4, 0.5) is 5.00 Å². The van der Waals surface area contributed by atoms with Gasteiger partial charge in [0.25, 0.3) is 0 Å². The van der Waals surface area contributed by atoms with Crippen LogP contribution < -0.4 is 5.32 Å². The third-order valence-corrected chi connectivity index (χ3v) is 8.40. The maximum Gasteiger partial charge on any atom is 0.229 e. The Hall–Kier alpha value is -2.44. The third kappa shape index (κ3) is 4.14. The Morgan fingerprint density at radius 1 is 1.00 bits per heavy atom. The van der Waals surface area contributed by atoms with Crippen LogP contribution in [0.5, 0.6) is 0 Å². The number of thiophene rings is 1. The number of aryl methyl sites for hydroxylation is 2. The second-order valence-corrected chi connectivity index (χ2v) is 10.4. The average Bonchev–Trinajstić information content (AvgIpc) is 3.07. The van der Waals surface area contributed by atoms with Gasteiger partial charge >= 0.3 is 0 Å². The molecule has 4 rings (SSSR count). The molecular weight excluding hydrogens is 402 g/mol. The number of carbonyl (C=O) groups excluding carboxylic acids is 1. The molecule has 0 atom stereocenters. The molecule has 0 fully saturated rings. The van der Waals surface area contributed by atoms with Crippen molar-refractivity contribution in [3.63, 3.8) is 0 Å². The number of sulfone groups is 1. The SMILES string of the molecule is Cc1ccc(S(=O)(=O)c2c(NC(=O)Cc3ccccc3)sc3c2CCCC3)cc1. The molecule has 0 saturated heterocycles. The van der Waals surface area contributed by atoms with Gasteiger partial charge in [0.15, 0.2) is 0 Å². The summed E-state index contributed by atoms with van der Waals surface area (Å²) in [6, 6.07) is 16.4. The molecule has 0 radical (unpaired) electrons. The van der Waals surface area contributed by atoms with Crippen LogP contribution in [0.3, 0.4) is 0 Å². The summed E-state index contributed by atoms with van der Waals surface area (Å²) < 4.78 is 27.0. The van der Waals surface area contributed by atoms with Crippen molar-refractivity contribution in [1.82, 2.24) is 0 Å². The molecule has 1 aliphatic rings. The second-order valence-electron chi connectivity index (χ2n) is 7.40. The summed E-state index contributed by atoms with van der Waals surface area (Å²) in [5, 5.41) is 3.36. The van der Waals surface area contributed by atoms with Crippen molar-refractivity contribution < 1.29 is 13.2 Å². The zero-order valence-corrected chi connectivity index (χ0v) is 17.9. The lowest BCUT2D eigenvalue weighted by molar-refractivity contribution is -0.115. The van der Waals surface area contributed by atoms with E-state index in [1.54, 1.807) is 24.3 Å². The van der Waals surface area contributed by atoms with Gasteiger partial charge in [-0.1, -0.05) is 48.0 Å². The first-order valence-electron chi connectivity index (χ1n) is 9.75. The van der Waals surface area contributed by atoms with E-state index in [0.717, 1.165) is 47.3 Å². The Morgan fingerprint density at radius 3 is 2.41 bits per heavy atom. The molecule has 1 heterocycles. The number of rotatable bonds is 5. The molecule has 0 spiro atoms. The van der Waals surface area contributed by atoms with Crippen molar-refractivity contribution in [3.05, 3.63) is 76.2 Å². The van der Waals surface area contributed by atoms with Crippen LogP contribution >= 0.6 is 11.3 Å². The highest BCUT2D eigenvalue weighted by Gasteiger charge is 2.31. The zero-order chi connectivity index (χ0) is 20.4. The van der Waals surface area contributed by atoms with E-state index in [0.29, 0.717) is 9.90 Å². The molecule has 2 aromatic carbocycles. The first-order chi connectivity index (χ1) is 13.9. The van der Waals surface area contributed by atoms with Crippen LogP contribution in [-0.4, -0.2) is 14.3 Å². The normalized spacial score (nSPS) is 13.7. The van der Waals surface area contributed by atoms with Crippen LogP contribution in [0.1, 0.15) is 34.4 Å². The molecule has 150 valence electrons. The Kier molecular flexibility index (Phi) is 5.56. The summed E-state index contributed by atoms with van der Waals surface area (Å²) in [6.45, 7) is 1.93. The van der Waals surface area contributed by atoms with E-state index >= 15 is 0 Å². The largest absolute Gasteiger partial charge is 0.316 e. The summed E-state index contributed by atoms with van der Waals surface area (Å²) in [6.07, 6.45) is 3.84. The maximum atomic E-state index is 13.5. The Labute approximate surface area is 175 Å². The van der Waals surface area contributed by atoms with Crippen LogP contribution in [0, 0.1) is 6.92 Å². The molecule has 0 bridgehead atoms. The first kappa shape index (κ1) is 19.9. The lowest BCUT2D eigenvalue weighted by atomic mass is 9.99. The van der Waals surface area contributed by atoms with Gasteiger partial charge in [0, 0.05) is 4.88 Å². The molecule has 0 unspecified atom stereocenters. The highest BCUT2D eigenvalue weighted by atomic mass is 32.2. The average molecular weight is 426 g/mol. The van der Waals surface area contributed by atoms with Gasteiger partial charge in [0.1, 0.15) is 9.90 Å². The second kappa shape index (κ2) is 8.13. The predicted molar refractivity (Wildman–Crippen MR) is 116 cm³/mol. The van der Waals surface area contributed by atoms with Gasteiger partial charge in [-0.05, 0) is 55.9 Å². The number of benzene rings is 2. The molecule has 1 N–H and O–H groups in total. The van der Waals surface area contributed by atoms with Crippen molar-refractivity contribution in [2.24, 2.45) is 0 Å². The van der Waals surface area contributed by atoms with E-state index in [4.69, 9.17) is 0 Å². The minimum Gasteiger partial charge on any atom is -0.316 e. The van der Waals surface area contributed by atoms with Gasteiger partial charge in [-0.3, -0.25) is 4.79 Å². The molecule has 3 aromatic rings. The first-order valence-corrected chi connectivity index (χ1v) is 12.0. The molecule has 6 heteroatoms. The number of anilines is 1. The topological polar surface area (TPSA) is 63.2 Å². The standard InChI is InChI=1S/C23H23NO3S2/c1-16-11-13-18(14-12-16)29(26,27)22-19-9-5-6-10-20(19)28-23(22)24-21(25)15-17-7-3-2-4-8-17/h2-4,7-8,11-14H,5-6,9-10,15H2,1H3,(H,24,25). The highest BCUT2D eigenvalue weighted by Crippen LogP contribution is 2.43. The number of nitrogens with one attached hydrogen (secondary N) is 1. The Balaban J connectivity index is 1.72. The number of amides is 1. The van der Waals surface area contributed by atoms with Crippen LogP contribution in [0.15, 0.2) is 64.4 Å². The quantitative estimate of drug-likeness (QED) is 0.629. The summed E-state index contributed by atoms with van der Waals surface area (Å²) in [5.74, 6) is -0.199. The van der Waals surface area contributed by atoms with E-state index in [9.17, 15) is 13.2 Å². The lowest BCUT2D eigenvalue weighted by Gasteiger charge is -2.14. The van der Waals surface area contributed by atoms with Crippen LogP contribution in [-0.2, 0) is 33.9 Å². The predicted octanol–water partition coefficient (Wildman–Crippen LogP) is 4.95. The summed E-state index contributed by atoms with van der Waals surface area (Å²) in [7, 11) is -3.71.